The number of nitrogens with one attached hydrogen (secondary N) is 2. The van der Waals surface area contributed by atoms with Gasteiger partial charge >= 0.3 is 0 Å². The third kappa shape index (κ3) is 4.97. The third-order valence-electron chi connectivity index (χ3n) is 5.83. The summed E-state index contributed by atoms with van der Waals surface area (Å²) < 4.78 is 17.2. The van der Waals surface area contributed by atoms with Crippen molar-refractivity contribution in [2.24, 2.45) is 0 Å². The van der Waals surface area contributed by atoms with Gasteiger partial charge in [0.15, 0.2) is 5.69 Å². The third-order valence-corrected chi connectivity index (χ3v) is 5.83. The van der Waals surface area contributed by atoms with Gasteiger partial charge in [-0.2, -0.15) is 0 Å². The second-order valence-electron chi connectivity index (χ2n) is 9.22. The minimum atomic E-state index is -0.385. The molecule has 182 valence electrons. The van der Waals surface area contributed by atoms with Crippen LogP contribution in [0.4, 0.5) is 17.2 Å². The first-order valence-electron chi connectivity index (χ1n) is 11.5. The fourth-order valence-corrected chi connectivity index (χ4v) is 4.31. The van der Waals surface area contributed by atoms with Gasteiger partial charge in [-0.1, -0.05) is 0 Å². The Bertz CT molecular complexity index is 1280. The van der Waals surface area contributed by atoms with Gasteiger partial charge in [0.05, 0.1) is 24.6 Å². The highest BCUT2D eigenvalue weighted by molar-refractivity contribution is 6.05. The topological polar surface area (TPSA) is 119 Å². The zero-order chi connectivity index (χ0) is 24.6. The molecule has 0 saturated carbocycles. The predicted octanol–water partition coefficient (Wildman–Crippen LogP) is 3.50. The maximum absolute atomic E-state index is 13.2. The largest absolute Gasteiger partial charge is 0.487 e. The molecule has 1 saturated heterocycles. The van der Waals surface area contributed by atoms with Crippen molar-refractivity contribution in [3.05, 3.63) is 48.0 Å². The molecule has 35 heavy (non-hydrogen) atoms. The van der Waals surface area contributed by atoms with E-state index in [1.54, 1.807) is 12.1 Å². The van der Waals surface area contributed by atoms with Crippen molar-refractivity contribution in [2.75, 3.05) is 41.8 Å². The van der Waals surface area contributed by atoms with E-state index in [2.05, 4.69) is 25.5 Å². The maximum Gasteiger partial charge on any atom is 0.277 e. The lowest BCUT2D eigenvalue weighted by atomic mass is 10.0. The number of aromatic nitrogens is 2. The summed E-state index contributed by atoms with van der Waals surface area (Å²) >= 11 is 0. The number of carbonyl (C=O) groups excluding carboxylic acids is 2. The molecular formula is C25H27N5O5. The Morgan fingerprint density at radius 2 is 1.91 bits per heavy atom. The zero-order valence-electron chi connectivity index (χ0n) is 19.9. The summed E-state index contributed by atoms with van der Waals surface area (Å²) in [5, 5.41) is 5.63. The number of carbonyl (C=O) groups is 2. The number of hydrogen-bond acceptors (Lipinski definition) is 8. The molecule has 2 aliphatic heterocycles. The molecule has 0 unspecified atom stereocenters. The number of hydrogen-bond donors (Lipinski definition) is 2. The molecule has 0 radical (unpaired) electrons. The lowest BCUT2D eigenvalue weighted by Crippen LogP contribution is -2.36. The molecule has 3 aromatic rings. The normalized spacial score (nSPS) is 16.4. The number of rotatable bonds is 5. The Morgan fingerprint density at radius 3 is 2.69 bits per heavy atom. The van der Waals surface area contributed by atoms with Crippen molar-refractivity contribution < 1.29 is 23.5 Å². The highest BCUT2D eigenvalue weighted by Crippen LogP contribution is 2.42. The van der Waals surface area contributed by atoms with Gasteiger partial charge in [0.1, 0.15) is 23.4 Å². The number of nitrogens with zero attached hydrogens (tertiary/aromatic N) is 3. The fraction of sp³-hybridized carbons (Fsp3) is 0.360. The van der Waals surface area contributed by atoms with Crippen LogP contribution in [-0.2, 0) is 16.0 Å². The number of pyridine rings is 1. The van der Waals surface area contributed by atoms with Crippen LogP contribution < -0.4 is 20.3 Å². The van der Waals surface area contributed by atoms with E-state index >= 15 is 0 Å². The molecule has 2 N–H and O–H groups in total. The van der Waals surface area contributed by atoms with Gasteiger partial charge in [-0.3, -0.25) is 9.59 Å². The Labute approximate surface area is 202 Å². The van der Waals surface area contributed by atoms with E-state index in [1.807, 2.05) is 26.0 Å². The molecule has 2 aliphatic rings. The lowest BCUT2D eigenvalue weighted by molar-refractivity contribution is -0.114. The summed E-state index contributed by atoms with van der Waals surface area (Å²) in [6.07, 6.45) is 3.60. The first kappa shape index (κ1) is 22.9. The molecular weight excluding hydrogens is 450 g/mol. The molecule has 2 amide bonds. The van der Waals surface area contributed by atoms with Crippen LogP contribution in [0.15, 0.2) is 41.1 Å². The molecule has 1 fully saturated rings. The van der Waals surface area contributed by atoms with Crippen LogP contribution in [0.25, 0.3) is 11.5 Å². The van der Waals surface area contributed by atoms with Crippen molar-refractivity contribution in [1.82, 2.24) is 9.97 Å². The molecule has 0 atom stereocenters. The van der Waals surface area contributed by atoms with Gasteiger partial charge < -0.3 is 29.4 Å². The van der Waals surface area contributed by atoms with E-state index < -0.39 is 0 Å². The van der Waals surface area contributed by atoms with Gasteiger partial charge in [-0.05, 0) is 32.0 Å². The summed E-state index contributed by atoms with van der Waals surface area (Å²) in [6.45, 7) is 8.18. The number of ether oxygens (including phenoxy) is 2. The summed E-state index contributed by atoms with van der Waals surface area (Å²) in [4.78, 5) is 35.1. The zero-order valence-corrected chi connectivity index (χ0v) is 19.9. The molecule has 0 bridgehead atoms. The van der Waals surface area contributed by atoms with Crippen molar-refractivity contribution in [2.45, 2.75) is 32.8 Å². The molecule has 10 heteroatoms. The smallest absolute Gasteiger partial charge is 0.277 e. The van der Waals surface area contributed by atoms with Crippen molar-refractivity contribution in [3.8, 4) is 17.2 Å². The number of fused-ring (bicyclic) bond motifs is 1. The van der Waals surface area contributed by atoms with Crippen LogP contribution in [0.3, 0.4) is 0 Å². The number of amides is 2. The number of oxazole rings is 1. The Kier molecular flexibility index (Phi) is 5.89. The standard InChI is InChI=1S/C25H27N5O5/c1-15(31)27-22-11-16(4-5-26-22)24-29-19(14-34-24)23(32)28-18-10-17-13-25(2,3)35-21(17)12-20(18)30-6-8-33-9-7-30/h4-5,10-12,14H,6-9,13H2,1-3H3,(H,28,32)(H,26,27,31). The van der Waals surface area contributed by atoms with E-state index in [0.717, 1.165) is 36.5 Å². The average Bonchev–Trinajstić information content (AvgIpc) is 3.42. The number of benzene rings is 1. The molecule has 0 spiro atoms. The van der Waals surface area contributed by atoms with Gasteiger partial charge in [-0.15, -0.1) is 0 Å². The SMILES string of the molecule is CC(=O)Nc1cc(-c2nc(C(=O)Nc3cc4c(cc3N3CCOCC3)OC(C)(C)C4)co2)ccn1. The summed E-state index contributed by atoms with van der Waals surface area (Å²) in [5.74, 6) is 0.843. The first-order chi connectivity index (χ1) is 16.8. The highest BCUT2D eigenvalue weighted by Gasteiger charge is 2.32. The van der Waals surface area contributed by atoms with Crippen LogP contribution in [0.2, 0.25) is 0 Å². The van der Waals surface area contributed by atoms with Crippen molar-refractivity contribution >= 4 is 29.0 Å². The van der Waals surface area contributed by atoms with Gasteiger partial charge in [0.25, 0.3) is 5.91 Å². The first-order valence-corrected chi connectivity index (χ1v) is 11.5. The quantitative estimate of drug-likeness (QED) is 0.573. The predicted molar refractivity (Wildman–Crippen MR) is 130 cm³/mol. The van der Waals surface area contributed by atoms with Crippen LogP contribution in [0, 0.1) is 0 Å². The maximum atomic E-state index is 13.2. The second-order valence-corrected chi connectivity index (χ2v) is 9.22. The van der Waals surface area contributed by atoms with E-state index in [1.165, 1.54) is 19.4 Å². The van der Waals surface area contributed by atoms with Crippen LogP contribution in [0.5, 0.6) is 5.75 Å². The van der Waals surface area contributed by atoms with Gasteiger partial charge in [0.2, 0.25) is 11.8 Å². The Balaban J connectivity index is 1.40. The average molecular weight is 478 g/mol. The van der Waals surface area contributed by atoms with Crippen LogP contribution >= 0.6 is 0 Å². The molecule has 5 rings (SSSR count). The van der Waals surface area contributed by atoms with Crippen molar-refractivity contribution in [1.29, 1.82) is 0 Å². The molecule has 0 aliphatic carbocycles. The highest BCUT2D eigenvalue weighted by atomic mass is 16.5. The number of anilines is 3. The van der Waals surface area contributed by atoms with E-state index in [-0.39, 0.29) is 29.0 Å². The Hall–Kier alpha value is -3.92. The van der Waals surface area contributed by atoms with E-state index in [4.69, 9.17) is 13.9 Å². The minimum Gasteiger partial charge on any atom is -0.487 e. The minimum absolute atomic E-state index is 0.142. The number of morpholine rings is 1. The van der Waals surface area contributed by atoms with Crippen molar-refractivity contribution in [3.63, 3.8) is 0 Å². The second kappa shape index (κ2) is 9.03. The monoisotopic (exact) mass is 477 g/mol. The lowest BCUT2D eigenvalue weighted by Gasteiger charge is -2.31. The van der Waals surface area contributed by atoms with E-state index in [0.29, 0.717) is 30.3 Å². The van der Waals surface area contributed by atoms with Gasteiger partial charge in [-0.25, -0.2) is 9.97 Å². The molecule has 1 aromatic carbocycles. The fourth-order valence-electron chi connectivity index (χ4n) is 4.31. The Morgan fingerprint density at radius 1 is 1.11 bits per heavy atom. The van der Waals surface area contributed by atoms with E-state index in [9.17, 15) is 9.59 Å². The summed E-state index contributed by atoms with van der Waals surface area (Å²) in [7, 11) is 0. The van der Waals surface area contributed by atoms with Gasteiger partial charge in [0, 0.05) is 49.8 Å². The summed E-state index contributed by atoms with van der Waals surface area (Å²) in [6, 6.07) is 7.31. The molecule has 4 heterocycles. The van der Waals surface area contributed by atoms with Crippen LogP contribution in [0.1, 0.15) is 36.8 Å². The summed E-state index contributed by atoms with van der Waals surface area (Å²) in [5.41, 5.74) is 3.06. The molecule has 10 nitrogen and oxygen atoms in total. The van der Waals surface area contributed by atoms with Crippen LogP contribution in [-0.4, -0.2) is 53.7 Å². The molecule has 2 aromatic heterocycles.